The summed E-state index contributed by atoms with van der Waals surface area (Å²) >= 11 is 0. The summed E-state index contributed by atoms with van der Waals surface area (Å²) in [4.78, 5) is 5.36. The largest absolute Gasteiger partial charge is 0.622 e. The van der Waals surface area contributed by atoms with Crippen molar-refractivity contribution < 1.29 is 14.7 Å². The smallest absolute Gasteiger partial charge is 0.253 e. The molecule has 5 nitrogen and oxygen atoms in total. The maximum Gasteiger partial charge on any atom is 0.253 e. The van der Waals surface area contributed by atoms with Gasteiger partial charge in [-0.2, -0.15) is 4.74 Å². The topological polar surface area (TPSA) is 58.8 Å². The van der Waals surface area contributed by atoms with Crippen molar-refractivity contribution in [1.29, 1.82) is 0 Å². The lowest BCUT2D eigenvalue weighted by Gasteiger charge is -2.23. The predicted octanol–water partition coefficient (Wildman–Crippen LogP) is 0.422. The highest BCUT2D eigenvalue weighted by Gasteiger charge is 2.62. The minimum Gasteiger partial charge on any atom is -0.622 e. The molecule has 2 heterocycles. The third-order valence-corrected chi connectivity index (χ3v) is 3.15. The fourth-order valence-corrected chi connectivity index (χ4v) is 2.42. The van der Waals surface area contributed by atoms with Gasteiger partial charge in [0.2, 0.25) is 0 Å². The van der Waals surface area contributed by atoms with Crippen LogP contribution < -0.4 is 0 Å². The lowest BCUT2D eigenvalue weighted by molar-refractivity contribution is -0.572. The first-order chi connectivity index (χ1) is 6.28. The monoisotopic (exact) mass is 200 g/mol. The highest BCUT2D eigenvalue weighted by molar-refractivity contribution is 5.83. The van der Waals surface area contributed by atoms with Crippen molar-refractivity contribution in [2.45, 2.75) is 51.6 Å². The normalized spacial score (nSPS) is 48.8. The summed E-state index contributed by atoms with van der Waals surface area (Å²) < 4.78 is 0.944. The van der Waals surface area contributed by atoms with Gasteiger partial charge in [0, 0.05) is 13.8 Å². The standard InChI is InChI=1S/C9H16N2O3/c1-6-7(2)11-8(3,10(6)13)5-9(4,12)14-11/h7,12H,5H2,1-4H3. The zero-order valence-corrected chi connectivity index (χ0v) is 8.94. The van der Waals surface area contributed by atoms with Crippen molar-refractivity contribution >= 4 is 5.71 Å². The van der Waals surface area contributed by atoms with Crippen LogP contribution in [0.15, 0.2) is 0 Å². The van der Waals surface area contributed by atoms with Crippen LogP contribution in [0.5, 0.6) is 0 Å². The number of hydrogen-bond donors (Lipinski definition) is 1. The van der Waals surface area contributed by atoms with Gasteiger partial charge < -0.3 is 10.3 Å². The van der Waals surface area contributed by atoms with E-state index in [4.69, 9.17) is 4.84 Å². The number of rotatable bonds is 0. The summed E-state index contributed by atoms with van der Waals surface area (Å²) in [5.74, 6) is -1.23. The highest BCUT2D eigenvalue weighted by atomic mass is 16.8. The van der Waals surface area contributed by atoms with E-state index in [0.717, 1.165) is 10.5 Å². The highest BCUT2D eigenvalue weighted by Crippen LogP contribution is 2.42. The van der Waals surface area contributed by atoms with Crippen molar-refractivity contribution in [2.75, 3.05) is 0 Å². The molecule has 0 bridgehead atoms. The van der Waals surface area contributed by atoms with Gasteiger partial charge in [-0.25, -0.2) is 0 Å². The van der Waals surface area contributed by atoms with Gasteiger partial charge in [0.25, 0.3) is 5.66 Å². The van der Waals surface area contributed by atoms with Crippen molar-refractivity contribution in [2.24, 2.45) is 0 Å². The Labute approximate surface area is 83.1 Å². The van der Waals surface area contributed by atoms with E-state index in [2.05, 4.69) is 0 Å². The molecule has 1 N–H and O–H groups in total. The van der Waals surface area contributed by atoms with E-state index < -0.39 is 11.4 Å². The number of fused-ring (bicyclic) bond motifs is 1. The van der Waals surface area contributed by atoms with Gasteiger partial charge in [0.1, 0.15) is 6.04 Å². The van der Waals surface area contributed by atoms with Gasteiger partial charge in [-0.05, 0) is 13.8 Å². The quantitative estimate of drug-likeness (QED) is 0.455. The molecule has 0 amide bonds. The Kier molecular flexibility index (Phi) is 1.75. The first kappa shape index (κ1) is 9.89. The van der Waals surface area contributed by atoms with Crippen LogP contribution in [0, 0.1) is 5.21 Å². The average molecular weight is 200 g/mol. The number of aliphatic hydroxyl groups is 1. The number of nitrogens with zero attached hydrogens (tertiary/aromatic N) is 2. The van der Waals surface area contributed by atoms with E-state index >= 15 is 0 Å². The van der Waals surface area contributed by atoms with E-state index in [0.29, 0.717) is 6.42 Å². The summed E-state index contributed by atoms with van der Waals surface area (Å²) in [7, 11) is 0. The maximum atomic E-state index is 11.9. The predicted molar refractivity (Wildman–Crippen MR) is 50.3 cm³/mol. The molecule has 3 unspecified atom stereocenters. The van der Waals surface area contributed by atoms with E-state index in [1.54, 1.807) is 25.8 Å². The molecule has 0 aromatic carbocycles. The molecule has 0 radical (unpaired) electrons. The Morgan fingerprint density at radius 1 is 1.64 bits per heavy atom. The molecule has 5 heteroatoms. The Morgan fingerprint density at radius 3 is 2.71 bits per heavy atom. The van der Waals surface area contributed by atoms with Crippen LogP contribution in [-0.2, 0) is 4.84 Å². The van der Waals surface area contributed by atoms with Crippen molar-refractivity contribution in [1.82, 2.24) is 5.06 Å². The second-order valence-electron chi connectivity index (χ2n) is 4.60. The third-order valence-electron chi connectivity index (χ3n) is 3.15. The molecule has 3 atom stereocenters. The zero-order chi connectivity index (χ0) is 10.7. The molecule has 2 aliphatic rings. The first-order valence-corrected chi connectivity index (χ1v) is 4.80. The third kappa shape index (κ3) is 1.03. The maximum absolute atomic E-state index is 11.9. The van der Waals surface area contributed by atoms with E-state index in [9.17, 15) is 10.3 Å². The van der Waals surface area contributed by atoms with Crippen molar-refractivity contribution in [3.8, 4) is 0 Å². The Balaban J connectivity index is 2.42. The molecule has 0 spiro atoms. The Bertz CT molecular complexity index is 313. The van der Waals surface area contributed by atoms with Gasteiger partial charge in [0.15, 0.2) is 11.5 Å². The second-order valence-corrected chi connectivity index (χ2v) is 4.60. The molecule has 2 rings (SSSR count). The van der Waals surface area contributed by atoms with Crippen LogP contribution in [0.2, 0.25) is 0 Å². The number of hydroxylamine groups is 3. The van der Waals surface area contributed by atoms with Crippen LogP contribution in [-0.4, -0.2) is 38.1 Å². The summed E-state index contributed by atoms with van der Waals surface area (Å²) in [5, 5.41) is 23.2. The van der Waals surface area contributed by atoms with Gasteiger partial charge in [-0.1, -0.05) is 0 Å². The average Bonchev–Trinajstić information content (AvgIpc) is 2.39. The molecule has 80 valence electrons. The van der Waals surface area contributed by atoms with Gasteiger partial charge in [-0.3, -0.25) is 4.84 Å². The SMILES string of the molecule is CC1=[N+]([O-])C2(C)CC(C)(O)ON2C1C. The van der Waals surface area contributed by atoms with Gasteiger partial charge in [-0.15, -0.1) is 5.06 Å². The van der Waals surface area contributed by atoms with E-state index in [1.807, 2.05) is 6.92 Å². The minimum absolute atomic E-state index is 0.0773. The lowest BCUT2D eigenvalue weighted by atomic mass is 10.1. The van der Waals surface area contributed by atoms with Crippen molar-refractivity contribution in [3.63, 3.8) is 0 Å². The minimum atomic E-state index is -1.23. The zero-order valence-electron chi connectivity index (χ0n) is 8.94. The molecule has 0 aromatic rings. The van der Waals surface area contributed by atoms with Crippen molar-refractivity contribution in [3.05, 3.63) is 5.21 Å². The molecule has 0 aliphatic carbocycles. The Morgan fingerprint density at radius 2 is 2.21 bits per heavy atom. The molecular formula is C9H16N2O3. The Hall–Kier alpha value is -0.650. The first-order valence-electron chi connectivity index (χ1n) is 4.80. The van der Waals surface area contributed by atoms with Crippen LogP contribution >= 0.6 is 0 Å². The van der Waals surface area contributed by atoms with Crippen LogP contribution in [0.4, 0.5) is 0 Å². The molecule has 0 aromatic heterocycles. The lowest BCUT2D eigenvalue weighted by Crippen LogP contribution is -2.44. The summed E-state index contributed by atoms with van der Waals surface area (Å²) in [6.07, 6.45) is 0.297. The fourth-order valence-electron chi connectivity index (χ4n) is 2.42. The van der Waals surface area contributed by atoms with Crippen LogP contribution in [0.25, 0.3) is 0 Å². The summed E-state index contributed by atoms with van der Waals surface area (Å²) in [6.45, 7) is 7.05. The summed E-state index contributed by atoms with van der Waals surface area (Å²) in [5.41, 5.74) is -0.0319. The van der Waals surface area contributed by atoms with E-state index in [1.165, 1.54) is 0 Å². The molecule has 2 aliphatic heterocycles. The van der Waals surface area contributed by atoms with Gasteiger partial charge in [0.05, 0.1) is 6.42 Å². The molecule has 1 fully saturated rings. The van der Waals surface area contributed by atoms with E-state index in [-0.39, 0.29) is 6.04 Å². The summed E-state index contributed by atoms with van der Waals surface area (Å²) in [6, 6.07) is -0.0773. The molecule has 1 saturated heterocycles. The molecule has 0 saturated carbocycles. The molecular weight excluding hydrogens is 184 g/mol. The molecule has 14 heavy (non-hydrogen) atoms. The fraction of sp³-hybridized carbons (Fsp3) is 0.889. The van der Waals surface area contributed by atoms with Crippen LogP contribution in [0.3, 0.4) is 0 Å². The second kappa shape index (κ2) is 2.48. The van der Waals surface area contributed by atoms with Gasteiger partial charge >= 0.3 is 0 Å². The number of hydrogen-bond acceptors (Lipinski definition) is 4. The van der Waals surface area contributed by atoms with Crippen LogP contribution in [0.1, 0.15) is 34.1 Å².